The Kier molecular flexibility index (Phi) is 5.42. The zero-order valence-electron chi connectivity index (χ0n) is 14.0. The number of benzene rings is 1. The lowest BCUT2D eigenvalue weighted by Gasteiger charge is -2.26. The minimum absolute atomic E-state index is 0.227. The van der Waals surface area contributed by atoms with E-state index in [0.717, 1.165) is 30.9 Å². The van der Waals surface area contributed by atoms with Gasteiger partial charge < -0.3 is 10.1 Å². The average molecular weight is 346 g/mol. The summed E-state index contributed by atoms with van der Waals surface area (Å²) in [5.74, 6) is 2.59. The SMILES string of the molecule is COc1cc(C(=O)Nc2ccc(CN3CCSCC3)cc2C)[nH]n1. The number of hydrogen-bond donors (Lipinski definition) is 2. The second kappa shape index (κ2) is 7.72. The molecule has 0 saturated carbocycles. The molecule has 1 aromatic carbocycles. The summed E-state index contributed by atoms with van der Waals surface area (Å²) in [7, 11) is 1.52. The molecule has 3 rings (SSSR count). The number of rotatable bonds is 5. The van der Waals surface area contributed by atoms with Crippen LogP contribution in [0.25, 0.3) is 0 Å². The summed E-state index contributed by atoms with van der Waals surface area (Å²) in [6.07, 6.45) is 0. The number of amides is 1. The molecule has 0 spiro atoms. The molecule has 1 aliphatic rings. The monoisotopic (exact) mass is 346 g/mol. The van der Waals surface area contributed by atoms with Gasteiger partial charge in [0.05, 0.1) is 7.11 Å². The highest BCUT2D eigenvalue weighted by Gasteiger charge is 2.13. The number of H-pyrrole nitrogens is 1. The van der Waals surface area contributed by atoms with Gasteiger partial charge in [-0.15, -0.1) is 5.10 Å². The Morgan fingerprint density at radius 2 is 2.17 bits per heavy atom. The number of carbonyl (C=O) groups excluding carboxylic acids is 1. The van der Waals surface area contributed by atoms with Gasteiger partial charge in [-0.05, 0) is 24.1 Å². The Morgan fingerprint density at radius 1 is 1.38 bits per heavy atom. The highest BCUT2D eigenvalue weighted by molar-refractivity contribution is 7.99. The molecule has 0 radical (unpaired) electrons. The van der Waals surface area contributed by atoms with E-state index >= 15 is 0 Å². The van der Waals surface area contributed by atoms with E-state index in [1.165, 1.54) is 24.2 Å². The predicted molar refractivity (Wildman–Crippen MR) is 96.9 cm³/mol. The minimum atomic E-state index is -0.227. The maximum absolute atomic E-state index is 12.2. The van der Waals surface area contributed by atoms with Crippen molar-refractivity contribution in [1.82, 2.24) is 15.1 Å². The minimum Gasteiger partial charge on any atom is -0.480 e. The molecule has 1 amide bonds. The Morgan fingerprint density at radius 3 is 2.83 bits per heavy atom. The molecule has 2 aromatic rings. The smallest absolute Gasteiger partial charge is 0.273 e. The molecule has 0 bridgehead atoms. The van der Waals surface area contributed by atoms with E-state index in [-0.39, 0.29) is 5.91 Å². The standard InChI is InChI=1S/C17H22N4O2S/c1-12-9-13(11-21-5-7-24-8-6-21)3-4-14(12)18-17(22)15-10-16(23-2)20-19-15/h3-4,9-10H,5-8,11H2,1-2H3,(H,18,22)(H,19,20). The lowest BCUT2D eigenvalue weighted by Crippen LogP contribution is -2.31. The summed E-state index contributed by atoms with van der Waals surface area (Å²) >= 11 is 2.02. The first-order valence-corrected chi connectivity index (χ1v) is 9.11. The van der Waals surface area contributed by atoms with E-state index in [1.807, 2.05) is 24.8 Å². The fraction of sp³-hybridized carbons (Fsp3) is 0.412. The van der Waals surface area contributed by atoms with Gasteiger partial charge in [-0.2, -0.15) is 11.8 Å². The molecule has 7 heteroatoms. The van der Waals surface area contributed by atoms with Crippen molar-refractivity contribution in [3.8, 4) is 5.88 Å². The molecule has 2 heterocycles. The van der Waals surface area contributed by atoms with Crippen LogP contribution >= 0.6 is 11.8 Å². The molecule has 6 nitrogen and oxygen atoms in total. The van der Waals surface area contributed by atoms with Crippen molar-refractivity contribution in [2.24, 2.45) is 0 Å². The highest BCUT2D eigenvalue weighted by Crippen LogP contribution is 2.20. The van der Waals surface area contributed by atoms with Gasteiger partial charge >= 0.3 is 0 Å². The summed E-state index contributed by atoms with van der Waals surface area (Å²) in [6, 6.07) is 7.77. The van der Waals surface area contributed by atoms with Crippen LogP contribution in [-0.2, 0) is 6.54 Å². The number of anilines is 1. The van der Waals surface area contributed by atoms with Crippen LogP contribution in [0.4, 0.5) is 5.69 Å². The van der Waals surface area contributed by atoms with Gasteiger partial charge in [0.2, 0.25) is 5.88 Å². The van der Waals surface area contributed by atoms with Crippen molar-refractivity contribution < 1.29 is 9.53 Å². The fourth-order valence-corrected chi connectivity index (χ4v) is 3.67. The number of ether oxygens (including phenoxy) is 1. The summed E-state index contributed by atoms with van der Waals surface area (Å²) in [5, 5.41) is 9.46. The van der Waals surface area contributed by atoms with Gasteiger partial charge in [0.15, 0.2) is 0 Å². The summed E-state index contributed by atoms with van der Waals surface area (Å²) in [5.41, 5.74) is 3.52. The van der Waals surface area contributed by atoms with Crippen molar-refractivity contribution in [1.29, 1.82) is 0 Å². The number of methoxy groups -OCH3 is 1. The third-order valence-electron chi connectivity index (χ3n) is 4.06. The van der Waals surface area contributed by atoms with E-state index in [2.05, 4.69) is 32.5 Å². The van der Waals surface area contributed by atoms with Crippen LogP contribution in [-0.4, -0.2) is 52.7 Å². The maximum atomic E-state index is 12.2. The van der Waals surface area contributed by atoms with Gasteiger partial charge in [-0.25, -0.2) is 0 Å². The number of nitrogens with one attached hydrogen (secondary N) is 2. The van der Waals surface area contributed by atoms with E-state index in [1.54, 1.807) is 6.07 Å². The van der Waals surface area contributed by atoms with Gasteiger partial charge in [0, 0.05) is 42.9 Å². The number of aromatic amines is 1. The first-order valence-electron chi connectivity index (χ1n) is 7.96. The topological polar surface area (TPSA) is 70.2 Å². The van der Waals surface area contributed by atoms with E-state index < -0.39 is 0 Å². The largest absolute Gasteiger partial charge is 0.480 e. The number of nitrogens with zero attached hydrogens (tertiary/aromatic N) is 2. The normalized spacial score (nSPS) is 15.2. The highest BCUT2D eigenvalue weighted by atomic mass is 32.2. The molecular formula is C17H22N4O2S. The van der Waals surface area contributed by atoms with Gasteiger partial charge in [0.25, 0.3) is 5.91 Å². The van der Waals surface area contributed by atoms with Crippen molar-refractivity contribution in [3.05, 3.63) is 41.1 Å². The van der Waals surface area contributed by atoms with Gasteiger partial charge in [0.1, 0.15) is 5.69 Å². The molecule has 1 aliphatic heterocycles. The number of hydrogen-bond acceptors (Lipinski definition) is 5. The predicted octanol–water partition coefficient (Wildman–Crippen LogP) is 2.53. The Balaban J connectivity index is 1.64. The molecule has 0 aliphatic carbocycles. The first kappa shape index (κ1) is 16.9. The Hall–Kier alpha value is -1.99. The molecule has 2 N–H and O–H groups in total. The van der Waals surface area contributed by atoms with Crippen molar-refractivity contribution >= 4 is 23.4 Å². The third kappa shape index (κ3) is 4.10. The maximum Gasteiger partial charge on any atom is 0.273 e. The van der Waals surface area contributed by atoms with Crippen LogP contribution in [0.15, 0.2) is 24.3 Å². The average Bonchev–Trinajstić information content (AvgIpc) is 3.07. The Bertz CT molecular complexity index is 710. The van der Waals surface area contributed by atoms with E-state index in [9.17, 15) is 4.79 Å². The lowest BCUT2D eigenvalue weighted by molar-refractivity contribution is 0.102. The zero-order chi connectivity index (χ0) is 16.9. The molecule has 128 valence electrons. The molecule has 1 aromatic heterocycles. The van der Waals surface area contributed by atoms with E-state index in [4.69, 9.17) is 4.74 Å². The van der Waals surface area contributed by atoms with Crippen molar-refractivity contribution in [2.45, 2.75) is 13.5 Å². The molecule has 1 fully saturated rings. The second-order valence-electron chi connectivity index (χ2n) is 5.82. The third-order valence-corrected chi connectivity index (χ3v) is 5.00. The fourth-order valence-electron chi connectivity index (χ4n) is 2.70. The first-order chi connectivity index (χ1) is 11.7. The quantitative estimate of drug-likeness (QED) is 0.871. The molecule has 1 saturated heterocycles. The van der Waals surface area contributed by atoms with E-state index in [0.29, 0.717) is 11.6 Å². The molecule has 24 heavy (non-hydrogen) atoms. The van der Waals surface area contributed by atoms with Gasteiger partial charge in [-0.1, -0.05) is 12.1 Å². The molecule has 0 atom stereocenters. The number of thioether (sulfide) groups is 1. The zero-order valence-corrected chi connectivity index (χ0v) is 14.8. The van der Waals surface area contributed by atoms with Crippen LogP contribution in [0.5, 0.6) is 5.88 Å². The molecule has 0 unspecified atom stereocenters. The van der Waals surface area contributed by atoms with Crippen LogP contribution in [0.2, 0.25) is 0 Å². The van der Waals surface area contributed by atoms with Gasteiger partial charge in [-0.3, -0.25) is 14.8 Å². The van der Waals surface area contributed by atoms with Crippen LogP contribution < -0.4 is 10.1 Å². The van der Waals surface area contributed by atoms with Crippen molar-refractivity contribution in [2.75, 3.05) is 37.0 Å². The summed E-state index contributed by atoms with van der Waals surface area (Å²) < 4.78 is 4.98. The van der Waals surface area contributed by atoms with Crippen molar-refractivity contribution in [3.63, 3.8) is 0 Å². The summed E-state index contributed by atoms with van der Waals surface area (Å²) in [4.78, 5) is 14.7. The lowest BCUT2D eigenvalue weighted by atomic mass is 10.1. The summed E-state index contributed by atoms with van der Waals surface area (Å²) in [6.45, 7) is 5.26. The molecular weight excluding hydrogens is 324 g/mol. The van der Waals surface area contributed by atoms with Crippen LogP contribution in [0.1, 0.15) is 21.6 Å². The second-order valence-corrected chi connectivity index (χ2v) is 7.04. The Labute approximate surface area is 146 Å². The number of aryl methyl sites for hydroxylation is 1. The number of carbonyl (C=O) groups is 1. The number of aromatic nitrogens is 2. The van der Waals surface area contributed by atoms with Crippen LogP contribution in [0.3, 0.4) is 0 Å². The van der Waals surface area contributed by atoms with Crippen LogP contribution in [0, 0.1) is 6.92 Å².